The van der Waals surface area contributed by atoms with E-state index in [0.29, 0.717) is 19.5 Å². The fourth-order valence-electron chi connectivity index (χ4n) is 2.83. The normalized spacial score (nSPS) is 14.4. The summed E-state index contributed by atoms with van der Waals surface area (Å²) >= 11 is 0. The Balaban J connectivity index is 1.86. The van der Waals surface area contributed by atoms with Crippen LogP contribution in [0.15, 0.2) is 18.3 Å². The molecule has 0 saturated heterocycles. The van der Waals surface area contributed by atoms with Crippen LogP contribution in [0.5, 0.6) is 5.75 Å². The van der Waals surface area contributed by atoms with Crippen molar-refractivity contribution in [3.05, 3.63) is 29.5 Å². The van der Waals surface area contributed by atoms with Crippen molar-refractivity contribution >= 4 is 6.09 Å². The highest BCUT2D eigenvalue weighted by Crippen LogP contribution is 2.33. The van der Waals surface area contributed by atoms with Gasteiger partial charge in [-0.3, -0.25) is 0 Å². The van der Waals surface area contributed by atoms with Crippen molar-refractivity contribution in [2.75, 3.05) is 6.54 Å². The molecular weight excluding hydrogens is 308 g/mol. The van der Waals surface area contributed by atoms with E-state index in [-0.39, 0.29) is 11.8 Å². The molecule has 2 heterocycles. The number of rotatable bonds is 1. The third-order valence-corrected chi connectivity index (χ3v) is 3.98. The lowest BCUT2D eigenvalue weighted by atomic mass is 9.95. The Hall–Kier alpha value is -2.57. The van der Waals surface area contributed by atoms with E-state index in [2.05, 4.69) is 10.3 Å². The first-order chi connectivity index (χ1) is 11.2. The number of nitrogens with zero attached hydrogens (tertiary/aromatic N) is 4. The number of carbonyl (C=O) groups is 1. The van der Waals surface area contributed by atoms with E-state index in [4.69, 9.17) is 4.74 Å². The van der Waals surface area contributed by atoms with E-state index in [0.717, 1.165) is 22.4 Å². The smallest absolute Gasteiger partial charge is 0.410 e. The lowest BCUT2D eigenvalue weighted by molar-refractivity contribution is 0.0223. The molecule has 0 radical (unpaired) electrons. The van der Waals surface area contributed by atoms with Crippen LogP contribution >= 0.6 is 0 Å². The maximum atomic E-state index is 12.2. The Morgan fingerprint density at radius 1 is 1.33 bits per heavy atom. The Labute approximate surface area is 140 Å². The van der Waals surface area contributed by atoms with Crippen molar-refractivity contribution in [3.63, 3.8) is 0 Å². The molecule has 0 unspecified atom stereocenters. The molecule has 0 bridgehead atoms. The molecule has 0 atom stereocenters. The zero-order valence-corrected chi connectivity index (χ0v) is 14.4. The van der Waals surface area contributed by atoms with Gasteiger partial charge in [0.2, 0.25) is 0 Å². The Kier molecular flexibility index (Phi) is 3.95. The minimum Gasteiger partial charge on any atom is -0.508 e. The third kappa shape index (κ3) is 3.20. The summed E-state index contributed by atoms with van der Waals surface area (Å²) in [5.41, 5.74) is 2.97. The summed E-state index contributed by atoms with van der Waals surface area (Å²) in [6.07, 6.45) is 1.98. The predicted octanol–water partition coefficient (Wildman–Crippen LogP) is 2.48. The Bertz CT molecular complexity index is 777. The molecule has 1 aliphatic heterocycles. The number of ether oxygens (including phenoxy) is 1. The molecule has 1 aliphatic rings. The number of phenolic OH excluding ortho intramolecular Hbond substituents is 1. The van der Waals surface area contributed by atoms with Gasteiger partial charge in [0, 0.05) is 24.7 Å². The summed E-state index contributed by atoms with van der Waals surface area (Å²) in [7, 11) is 1.81. The first-order valence-electron chi connectivity index (χ1n) is 7.92. The largest absolute Gasteiger partial charge is 0.508 e. The van der Waals surface area contributed by atoms with Gasteiger partial charge in [-0.2, -0.15) is 0 Å². The summed E-state index contributed by atoms with van der Waals surface area (Å²) in [6.45, 7) is 6.44. The van der Waals surface area contributed by atoms with E-state index < -0.39 is 5.60 Å². The molecule has 1 aromatic carbocycles. The number of hydrogen-bond donors (Lipinski definition) is 1. The fourth-order valence-corrected chi connectivity index (χ4v) is 2.83. The van der Waals surface area contributed by atoms with Crippen LogP contribution in [-0.2, 0) is 24.8 Å². The molecule has 3 rings (SSSR count). The lowest BCUT2D eigenvalue weighted by Crippen LogP contribution is -2.39. The highest BCUT2D eigenvalue weighted by Gasteiger charge is 2.27. The summed E-state index contributed by atoms with van der Waals surface area (Å²) in [6, 6.07) is 3.72. The number of benzene rings is 1. The topological polar surface area (TPSA) is 80.5 Å². The van der Waals surface area contributed by atoms with Crippen LogP contribution in [0.1, 0.15) is 31.9 Å². The van der Waals surface area contributed by atoms with Crippen LogP contribution in [0.25, 0.3) is 11.3 Å². The SMILES string of the molecule is Cn1nncc1-c1cc(O)c2c(c1)CCN(C(=O)OC(C)(C)C)C2. The predicted molar refractivity (Wildman–Crippen MR) is 88.5 cm³/mol. The van der Waals surface area contributed by atoms with Crippen LogP contribution in [0, 0.1) is 0 Å². The van der Waals surface area contributed by atoms with E-state index in [1.807, 2.05) is 33.9 Å². The quantitative estimate of drug-likeness (QED) is 0.869. The molecule has 128 valence electrons. The first kappa shape index (κ1) is 16.3. The summed E-state index contributed by atoms with van der Waals surface area (Å²) in [5, 5.41) is 18.2. The van der Waals surface area contributed by atoms with E-state index in [9.17, 15) is 9.90 Å². The standard InChI is InChI=1S/C17H22N4O3/c1-17(2,3)24-16(23)21-6-5-11-7-12(8-15(22)13(11)10-21)14-9-18-19-20(14)4/h7-9,22H,5-6,10H2,1-4H3. The maximum absolute atomic E-state index is 12.2. The molecule has 0 fully saturated rings. The van der Waals surface area contributed by atoms with Gasteiger partial charge in [0.25, 0.3) is 0 Å². The molecule has 1 aromatic heterocycles. The number of aromatic hydroxyl groups is 1. The molecule has 7 nitrogen and oxygen atoms in total. The monoisotopic (exact) mass is 330 g/mol. The maximum Gasteiger partial charge on any atom is 0.410 e. The molecule has 1 amide bonds. The van der Waals surface area contributed by atoms with Gasteiger partial charge in [-0.15, -0.1) is 5.10 Å². The van der Waals surface area contributed by atoms with Crippen molar-refractivity contribution in [2.45, 2.75) is 39.3 Å². The highest BCUT2D eigenvalue weighted by molar-refractivity contribution is 5.70. The Morgan fingerprint density at radius 3 is 2.71 bits per heavy atom. The molecule has 0 saturated carbocycles. The second-order valence-corrected chi connectivity index (χ2v) is 7.03. The molecule has 7 heteroatoms. The van der Waals surface area contributed by atoms with Crippen LogP contribution in [0.2, 0.25) is 0 Å². The summed E-state index contributed by atoms with van der Waals surface area (Å²) in [4.78, 5) is 13.9. The number of fused-ring (bicyclic) bond motifs is 1. The lowest BCUT2D eigenvalue weighted by Gasteiger charge is -2.31. The van der Waals surface area contributed by atoms with Gasteiger partial charge in [0.05, 0.1) is 18.4 Å². The number of phenols is 1. The van der Waals surface area contributed by atoms with Gasteiger partial charge in [0.15, 0.2) is 0 Å². The summed E-state index contributed by atoms with van der Waals surface area (Å²) in [5.74, 6) is 0.178. The van der Waals surface area contributed by atoms with Crippen molar-refractivity contribution in [3.8, 4) is 17.0 Å². The van der Waals surface area contributed by atoms with Gasteiger partial charge in [-0.25, -0.2) is 9.48 Å². The van der Waals surface area contributed by atoms with Gasteiger partial charge in [0.1, 0.15) is 11.4 Å². The van der Waals surface area contributed by atoms with Gasteiger partial charge in [-0.1, -0.05) is 5.21 Å². The number of aromatic nitrogens is 3. The molecule has 24 heavy (non-hydrogen) atoms. The average Bonchev–Trinajstić information content (AvgIpc) is 2.91. The molecule has 0 aliphatic carbocycles. The zero-order chi connectivity index (χ0) is 17.5. The number of hydrogen-bond acceptors (Lipinski definition) is 5. The van der Waals surface area contributed by atoms with E-state index >= 15 is 0 Å². The molecule has 2 aromatic rings. The van der Waals surface area contributed by atoms with Crippen LogP contribution < -0.4 is 0 Å². The van der Waals surface area contributed by atoms with E-state index in [1.54, 1.807) is 21.8 Å². The summed E-state index contributed by atoms with van der Waals surface area (Å²) < 4.78 is 7.08. The third-order valence-electron chi connectivity index (χ3n) is 3.98. The molecule has 1 N–H and O–H groups in total. The Morgan fingerprint density at radius 2 is 2.08 bits per heavy atom. The average molecular weight is 330 g/mol. The number of aryl methyl sites for hydroxylation is 1. The fraction of sp³-hybridized carbons (Fsp3) is 0.471. The van der Waals surface area contributed by atoms with Crippen molar-refractivity contribution < 1.29 is 14.6 Å². The van der Waals surface area contributed by atoms with Gasteiger partial charge < -0.3 is 14.7 Å². The minimum atomic E-state index is -0.532. The van der Waals surface area contributed by atoms with Crippen molar-refractivity contribution in [1.82, 2.24) is 19.9 Å². The van der Waals surface area contributed by atoms with E-state index in [1.165, 1.54) is 0 Å². The second kappa shape index (κ2) is 5.81. The first-order valence-corrected chi connectivity index (χ1v) is 7.92. The zero-order valence-electron chi connectivity index (χ0n) is 14.4. The van der Waals surface area contributed by atoms with Gasteiger partial charge >= 0.3 is 6.09 Å². The van der Waals surface area contributed by atoms with Crippen LogP contribution in [-0.4, -0.2) is 43.2 Å². The molecule has 0 spiro atoms. The number of amides is 1. The second-order valence-electron chi connectivity index (χ2n) is 7.03. The number of carbonyl (C=O) groups excluding carboxylic acids is 1. The highest BCUT2D eigenvalue weighted by atomic mass is 16.6. The van der Waals surface area contributed by atoms with Crippen molar-refractivity contribution in [2.24, 2.45) is 7.05 Å². The van der Waals surface area contributed by atoms with Crippen LogP contribution in [0.4, 0.5) is 4.79 Å². The van der Waals surface area contributed by atoms with Crippen LogP contribution in [0.3, 0.4) is 0 Å². The van der Waals surface area contributed by atoms with Crippen molar-refractivity contribution in [1.29, 1.82) is 0 Å². The minimum absolute atomic E-state index is 0.178. The molecular formula is C17H22N4O3. The van der Waals surface area contributed by atoms with Gasteiger partial charge in [-0.05, 0) is 44.9 Å².